The molecule has 0 aliphatic carbocycles. The van der Waals surface area contributed by atoms with E-state index in [4.69, 9.17) is 5.11 Å². The van der Waals surface area contributed by atoms with Crippen LogP contribution in [0.2, 0.25) is 0 Å². The van der Waals surface area contributed by atoms with Gasteiger partial charge in [-0.2, -0.15) is 0 Å². The van der Waals surface area contributed by atoms with Crippen LogP contribution in [0.1, 0.15) is 0 Å². The van der Waals surface area contributed by atoms with Crippen molar-refractivity contribution in [1.29, 1.82) is 0 Å². The Labute approximate surface area is 108 Å². The van der Waals surface area contributed by atoms with Crippen molar-refractivity contribution in [3.8, 4) is 10.6 Å². The minimum Gasteiger partial charge on any atom is -0.480 e. The van der Waals surface area contributed by atoms with Gasteiger partial charge in [-0.1, -0.05) is 0 Å². The van der Waals surface area contributed by atoms with E-state index in [1.54, 1.807) is 0 Å². The lowest BCUT2D eigenvalue weighted by molar-refractivity contribution is -0.137. The predicted octanol–water partition coefficient (Wildman–Crippen LogP) is 1.82. The van der Waals surface area contributed by atoms with Gasteiger partial charge in [0, 0.05) is 6.07 Å². The van der Waals surface area contributed by atoms with E-state index in [1.165, 1.54) is 23.7 Å². The topological polar surface area (TPSA) is 72.2 Å². The molecule has 0 radical (unpaired) electrons. The van der Waals surface area contributed by atoms with E-state index in [0.717, 1.165) is 13.2 Å². The molecule has 5 nitrogen and oxygen atoms in total. The van der Waals surface area contributed by atoms with Crippen molar-refractivity contribution >= 4 is 33.2 Å². The largest absolute Gasteiger partial charge is 0.480 e. The molecule has 0 aliphatic heterocycles. The van der Waals surface area contributed by atoms with Crippen LogP contribution in [0, 0.1) is 0 Å². The van der Waals surface area contributed by atoms with E-state index in [1.807, 2.05) is 12.1 Å². The van der Waals surface area contributed by atoms with Crippen LogP contribution in [0.3, 0.4) is 0 Å². The highest BCUT2D eigenvalue weighted by molar-refractivity contribution is 9.11. The van der Waals surface area contributed by atoms with Gasteiger partial charge in [-0.15, -0.1) is 11.3 Å². The van der Waals surface area contributed by atoms with Crippen LogP contribution in [0.5, 0.6) is 0 Å². The van der Waals surface area contributed by atoms with Gasteiger partial charge in [0.2, 0.25) is 0 Å². The maximum Gasteiger partial charge on any atom is 0.323 e. The molecule has 0 amide bonds. The first-order chi connectivity index (χ1) is 8.06. The van der Waals surface area contributed by atoms with Gasteiger partial charge in [0.05, 0.1) is 20.7 Å². The van der Waals surface area contributed by atoms with E-state index in [-0.39, 0.29) is 12.1 Å². The Bertz CT molecular complexity index is 620. The first-order valence-corrected chi connectivity index (χ1v) is 6.21. The first kappa shape index (κ1) is 12.0. The SMILES string of the molecule is O=C(O)Cn1cnc(-c2ccc(Br)s2)cc1=O. The van der Waals surface area contributed by atoms with E-state index in [9.17, 15) is 9.59 Å². The minimum absolute atomic E-state index is 0.373. The Morgan fingerprint density at radius 3 is 2.82 bits per heavy atom. The average molecular weight is 315 g/mol. The Morgan fingerprint density at radius 2 is 2.29 bits per heavy atom. The van der Waals surface area contributed by atoms with Crippen LogP contribution in [0.4, 0.5) is 0 Å². The number of aromatic nitrogens is 2. The molecule has 2 heterocycles. The fraction of sp³-hybridized carbons (Fsp3) is 0.100. The molecule has 0 aliphatic rings. The highest BCUT2D eigenvalue weighted by Crippen LogP contribution is 2.29. The molecule has 1 N–H and O–H groups in total. The molecule has 0 aromatic carbocycles. The molecule has 2 rings (SSSR count). The summed E-state index contributed by atoms with van der Waals surface area (Å²) in [6.07, 6.45) is 1.25. The van der Waals surface area contributed by atoms with Crippen molar-refractivity contribution in [2.75, 3.05) is 0 Å². The Hall–Kier alpha value is -1.47. The Balaban J connectivity index is 2.37. The molecule has 17 heavy (non-hydrogen) atoms. The third-order valence-corrected chi connectivity index (χ3v) is 3.66. The lowest BCUT2D eigenvalue weighted by atomic mass is 10.3. The second-order valence-electron chi connectivity index (χ2n) is 3.24. The third-order valence-electron chi connectivity index (χ3n) is 2.01. The lowest BCUT2D eigenvalue weighted by Gasteiger charge is -2.01. The average Bonchev–Trinajstić information content (AvgIpc) is 2.67. The molecule has 7 heteroatoms. The minimum atomic E-state index is -1.07. The summed E-state index contributed by atoms with van der Waals surface area (Å²) in [7, 11) is 0. The summed E-state index contributed by atoms with van der Waals surface area (Å²) >= 11 is 4.78. The summed E-state index contributed by atoms with van der Waals surface area (Å²) in [6, 6.07) is 5.05. The molecule has 0 bridgehead atoms. The van der Waals surface area contributed by atoms with Gasteiger partial charge >= 0.3 is 5.97 Å². The number of halogens is 1. The number of carboxylic acid groups (broad SMARTS) is 1. The van der Waals surface area contributed by atoms with E-state index >= 15 is 0 Å². The van der Waals surface area contributed by atoms with Gasteiger partial charge in [-0.05, 0) is 28.1 Å². The number of carboxylic acids is 1. The summed E-state index contributed by atoms with van der Waals surface area (Å²) < 4.78 is 2.00. The summed E-state index contributed by atoms with van der Waals surface area (Å²) in [4.78, 5) is 27.0. The summed E-state index contributed by atoms with van der Waals surface area (Å²) in [5, 5.41) is 8.59. The van der Waals surface area contributed by atoms with Crippen molar-refractivity contribution in [1.82, 2.24) is 9.55 Å². The molecule has 0 unspecified atom stereocenters. The van der Waals surface area contributed by atoms with Gasteiger partial charge in [0.15, 0.2) is 0 Å². The van der Waals surface area contributed by atoms with Crippen LogP contribution in [0.15, 0.2) is 33.1 Å². The Morgan fingerprint density at radius 1 is 1.53 bits per heavy atom. The summed E-state index contributed by atoms with van der Waals surface area (Å²) in [6.45, 7) is -0.375. The van der Waals surface area contributed by atoms with Gasteiger partial charge in [-0.25, -0.2) is 4.98 Å². The second kappa shape index (κ2) is 4.80. The number of rotatable bonds is 3. The fourth-order valence-corrected chi connectivity index (χ4v) is 2.63. The molecule has 0 spiro atoms. The van der Waals surface area contributed by atoms with Crippen LogP contribution in [0.25, 0.3) is 10.6 Å². The highest BCUT2D eigenvalue weighted by atomic mass is 79.9. The number of carbonyl (C=O) groups is 1. The first-order valence-electron chi connectivity index (χ1n) is 4.60. The van der Waals surface area contributed by atoms with Crippen LogP contribution >= 0.6 is 27.3 Å². The van der Waals surface area contributed by atoms with E-state index in [2.05, 4.69) is 20.9 Å². The fourth-order valence-electron chi connectivity index (χ4n) is 1.28. The van der Waals surface area contributed by atoms with Crippen molar-refractivity contribution in [3.63, 3.8) is 0 Å². The molecule has 0 saturated carbocycles. The molecule has 0 atom stereocenters. The maximum atomic E-state index is 11.6. The second-order valence-corrected chi connectivity index (χ2v) is 5.70. The number of aliphatic carboxylic acids is 1. The molecule has 0 saturated heterocycles. The van der Waals surface area contributed by atoms with Gasteiger partial charge in [0.25, 0.3) is 5.56 Å². The molecular formula is C10H7BrN2O3S. The van der Waals surface area contributed by atoms with Crippen molar-refractivity contribution in [3.05, 3.63) is 38.7 Å². The molecule has 2 aromatic rings. The number of thiophene rings is 1. The van der Waals surface area contributed by atoms with Gasteiger partial charge < -0.3 is 5.11 Å². The molecule has 88 valence electrons. The zero-order valence-corrected chi connectivity index (χ0v) is 10.9. The zero-order chi connectivity index (χ0) is 12.4. The Kier molecular flexibility index (Phi) is 3.39. The zero-order valence-electron chi connectivity index (χ0n) is 8.46. The quantitative estimate of drug-likeness (QED) is 0.938. The van der Waals surface area contributed by atoms with Crippen LogP contribution < -0.4 is 5.56 Å². The summed E-state index contributed by atoms with van der Waals surface area (Å²) in [5.41, 5.74) is 0.175. The molecule has 0 fully saturated rings. The number of nitrogens with zero attached hydrogens (tertiary/aromatic N) is 2. The van der Waals surface area contributed by atoms with Crippen molar-refractivity contribution in [2.45, 2.75) is 6.54 Å². The summed E-state index contributed by atoms with van der Waals surface area (Å²) in [5.74, 6) is -1.07. The normalized spacial score (nSPS) is 10.4. The maximum absolute atomic E-state index is 11.6. The van der Waals surface area contributed by atoms with E-state index < -0.39 is 5.97 Å². The predicted molar refractivity (Wildman–Crippen MR) is 67.1 cm³/mol. The van der Waals surface area contributed by atoms with Gasteiger partial charge in [-0.3, -0.25) is 14.2 Å². The lowest BCUT2D eigenvalue weighted by Crippen LogP contribution is -2.23. The highest BCUT2D eigenvalue weighted by Gasteiger charge is 2.07. The van der Waals surface area contributed by atoms with Crippen LogP contribution in [-0.4, -0.2) is 20.6 Å². The standard InChI is InChI=1S/C10H7BrN2O3S/c11-8-2-1-7(17-8)6-3-9(14)13(5-12-6)4-10(15)16/h1-3,5H,4H2,(H,15,16). The van der Waals surface area contributed by atoms with Gasteiger partial charge in [0.1, 0.15) is 6.54 Å². The van der Waals surface area contributed by atoms with Crippen LogP contribution in [-0.2, 0) is 11.3 Å². The monoisotopic (exact) mass is 314 g/mol. The number of hydrogen-bond donors (Lipinski definition) is 1. The number of hydrogen-bond acceptors (Lipinski definition) is 4. The van der Waals surface area contributed by atoms with E-state index in [0.29, 0.717) is 5.69 Å². The molecule has 2 aromatic heterocycles. The van der Waals surface area contributed by atoms with Crippen molar-refractivity contribution in [2.24, 2.45) is 0 Å². The molecular weight excluding hydrogens is 308 g/mol. The third kappa shape index (κ3) is 2.80. The van der Waals surface area contributed by atoms with Crippen molar-refractivity contribution < 1.29 is 9.90 Å². The smallest absolute Gasteiger partial charge is 0.323 e.